The molecule has 0 aliphatic heterocycles. The Labute approximate surface area is 113 Å². The van der Waals surface area contributed by atoms with E-state index in [1.165, 1.54) is 18.4 Å². The van der Waals surface area contributed by atoms with Crippen molar-refractivity contribution < 1.29 is 0 Å². The minimum Gasteiger partial charge on any atom is -0.347 e. The molecule has 4 rings (SSSR count). The van der Waals surface area contributed by atoms with Crippen molar-refractivity contribution in [1.82, 2.24) is 14.6 Å². The van der Waals surface area contributed by atoms with Crippen LogP contribution >= 0.6 is 22.7 Å². The number of nitrogens with zero attached hydrogens (tertiary/aromatic N) is 4. The summed E-state index contributed by atoms with van der Waals surface area (Å²) in [6.45, 7) is 0. The number of thiophene rings is 1. The molecular weight excluding hydrogens is 264 g/mol. The Balaban J connectivity index is 1.81. The first-order valence-corrected chi connectivity index (χ1v) is 7.69. The fraction of sp³-hybridized carbons (Fsp3) is 0.333. The highest BCUT2D eigenvalue weighted by atomic mass is 32.1. The summed E-state index contributed by atoms with van der Waals surface area (Å²) in [5.74, 6) is 0. The molecular formula is C12H12N4S2. The van der Waals surface area contributed by atoms with E-state index in [9.17, 15) is 0 Å². The van der Waals surface area contributed by atoms with Gasteiger partial charge in [0.25, 0.3) is 0 Å². The molecule has 0 aromatic carbocycles. The maximum absolute atomic E-state index is 4.69. The van der Waals surface area contributed by atoms with Crippen LogP contribution in [0.25, 0.3) is 16.2 Å². The number of fused-ring (bicyclic) bond motifs is 1. The van der Waals surface area contributed by atoms with Gasteiger partial charge in [0, 0.05) is 24.0 Å². The second kappa shape index (κ2) is 3.80. The third kappa shape index (κ3) is 1.56. The van der Waals surface area contributed by atoms with Crippen molar-refractivity contribution in [2.24, 2.45) is 0 Å². The topological polar surface area (TPSA) is 33.4 Å². The highest BCUT2D eigenvalue weighted by Gasteiger charge is 2.28. The second-order valence-electron chi connectivity index (χ2n) is 4.58. The first kappa shape index (κ1) is 10.5. The lowest BCUT2D eigenvalue weighted by Gasteiger charge is -2.12. The molecule has 92 valence electrons. The molecule has 3 heterocycles. The summed E-state index contributed by atoms with van der Waals surface area (Å²) >= 11 is 3.36. The number of anilines is 1. The van der Waals surface area contributed by atoms with Crippen LogP contribution in [-0.2, 0) is 0 Å². The van der Waals surface area contributed by atoms with Gasteiger partial charge >= 0.3 is 0 Å². The average Bonchev–Trinajstić information content (AvgIpc) is 2.79. The van der Waals surface area contributed by atoms with Crippen LogP contribution in [0.1, 0.15) is 12.8 Å². The van der Waals surface area contributed by atoms with E-state index in [-0.39, 0.29) is 0 Å². The Bertz CT molecular complexity index is 678. The lowest BCUT2D eigenvalue weighted by atomic mass is 10.3. The molecule has 1 saturated carbocycles. The molecule has 0 saturated heterocycles. The number of aromatic nitrogens is 3. The fourth-order valence-corrected chi connectivity index (χ4v) is 3.61. The molecule has 0 unspecified atom stereocenters. The number of hydrogen-bond acceptors (Lipinski definition) is 5. The van der Waals surface area contributed by atoms with Gasteiger partial charge in [-0.15, -0.1) is 5.10 Å². The van der Waals surface area contributed by atoms with Gasteiger partial charge in [-0.2, -0.15) is 11.3 Å². The Morgan fingerprint density at radius 1 is 1.44 bits per heavy atom. The van der Waals surface area contributed by atoms with Crippen molar-refractivity contribution in [2.45, 2.75) is 18.9 Å². The Kier molecular flexibility index (Phi) is 2.22. The number of hydrogen-bond donors (Lipinski definition) is 0. The zero-order chi connectivity index (χ0) is 12.1. The molecule has 0 spiro atoms. The van der Waals surface area contributed by atoms with Gasteiger partial charge in [0.2, 0.25) is 10.1 Å². The van der Waals surface area contributed by atoms with Crippen LogP contribution in [0.4, 0.5) is 5.13 Å². The zero-order valence-electron chi connectivity index (χ0n) is 9.91. The van der Waals surface area contributed by atoms with Crippen LogP contribution < -0.4 is 4.90 Å². The molecule has 1 fully saturated rings. The lowest BCUT2D eigenvalue weighted by Crippen LogP contribution is -2.19. The molecule has 3 aromatic heterocycles. The van der Waals surface area contributed by atoms with E-state index >= 15 is 0 Å². The molecule has 4 nitrogen and oxygen atoms in total. The largest absolute Gasteiger partial charge is 0.347 e. The first-order valence-electron chi connectivity index (χ1n) is 5.93. The summed E-state index contributed by atoms with van der Waals surface area (Å²) in [6, 6.07) is 2.79. The Morgan fingerprint density at radius 3 is 3.06 bits per heavy atom. The van der Waals surface area contributed by atoms with Gasteiger partial charge in [-0.25, -0.2) is 9.50 Å². The fourth-order valence-electron chi connectivity index (χ4n) is 2.05. The maximum Gasteiger partial charge on any atom is 0.214 e. The lowest BCUT2D eigenvalue weighted by molar-refractivity contribution is 0.868. The summed E-state index contributed by atoms with van der Waals surface area (Å²) in [7, 11) is 2.13. The average molecular weight is 276 g/mol. The standard InChI is InChI=1S/C12H12N4S2/c1-15(9-2-3-9)12-14-16-10(6-13-11(16)18-12)8-4-5-17-7-8/h4-7,9H,2-3H2,1H3. The highest BCUT2D eigenvalue weighted by Crippen LogP contribution is 2.34. The first-order chi connectivity index (χ1) is 8.83. The molecule has 1 aliphatic rings. The monoisotopic (exact) mass is 276 g/mol. The molecule has 0 atom stereocenters. The molecule has 0 radical (unpaired) electrons. The van der Waals surface area contributed by atoms with Crippen molar-refractivity contribution in [2.75, 3.05) is 11.9 Å². The Morgan fingerprint density at radius 2 is 2.33 bits per heavy atom. The van der Waals surface area contributed by atoms with Crippen LogP contribution in [0.5, 0.6) is 0 Å². The highest BCUT2D eigenvalue weighted by molar-refractivity contribution is 7.20. The van der Waals surface area contributed by atoms with Gasteiger partial charge in [-0.1, -0.05) is 11.3 Å². The summed E-state index contributed by atoms with van der Waals surface area (Å²) in [4.78, 5) is 7.70. The van der Waals surface area contributed by atoms with Crippen LogP contribution in [0, 0.1) is 0 Å². The molecule has 0 amide bonds. The van der Waals surface area contributed by atoms with Crippen molar-refractivity contribution in [3.63, 3.8) is 0 Å². The molecule has 3 aromatic rings. The quantitative estimate of drug-likeness (QED) is 0.737. The van der Waals surface area contributed by atoms with Crippen molar-refractivity contribution in [3.05, 3.63) is 23.0 Å². The van der Waals surface area contributed by atoms with E-state index in [1.54, 1.807) is 22.7 Å². The summed E-state index contributed by atoms with van der Waals surface area (Å²) in [5.41, 5.74) is 2.27. The smallest absolute Gasteiger partial charge is 0.214 e. The number of rotatable bonds is 3. The molecule has 0 bridgehead atoms. The third-order valence-electron chi connectivity index (χ3n) is 3.29. The van der Waals surface area contributed by atoms with Crippen LogP contribution in [0.15, 0.2) is 23.0 Å². The number of imidazole rings is 1. The summed E-state index contributed by atoms with van der Waals surface area (Å²) in [5, 5.41) is 9.97. The maximum atomic E-state index is 4.69. The van der Waals surface area contributed by atoms with E-state index in [1.807, 2.05) is 10.7 Å². The zero-order valence-corrected chi connectivity index (χ0v) is 11.5. The van der Waals surface area contributed by atoms with E-state index in [4.69, 9.17) is 5.10 Å². The third-order valence-corrected chi connectivity index (χ3v) is 4.98. The normalized spacial score (nSPS) is 15.4. The van der Waals surface area contributed by atoms with E-state index in [0.29, 0.717) is 6.04 Å². The van der Waals surface area contributed by atoms with Crippen molar-refractivity contribution >= 4 is 32.8 Å². The predicted molar refractivity (Wildman–Crippen MR) is 75.6 cm³/mol. The van der Waals surface area contributed by atoms with E-state index in [0.717, 1.165) is 15.8 Å². The summed E-state index contributed by atoms with van der Waals surface area (Å²) in [6.07, 6.45) is 4.48. The summed E-state index contributed by atoms with van der Waals surface area (Å²) < 4.78 is 1.96. The Hall–Kier alpha value is -1.40. The van der Waals surface area contributed by atoms with Crippen molar-refractivity contribution in [3.8, 4) is 11.3 Å². The molecule has 6 heteroatoms. The van der Waals surface area contributed by atoms with E-state index in [2.05, 4.69) is 33.8 Å². The minimum absolute atomic E-state index is 0.686. The van der Waals surface area contributed by atoms with Crippen LogP contribution in [0.3, 0.4) is 0 Å². The van der Waals surface area contributed by atoms with Gasteiger partial charge in [0.05, 0.1) is 11.9 Å². The predicted octanol–water partition coefficient (Wildman–Crippen LogP) is 3.12. The van der Waals surface area contributed by atoms with Gasteiger partial charge in [-0.05, 0) is 24.3 Å². The van der Waals surface area contributed by atoms with Crippen LogP contribution in [-0.4, -0.2) is 27.7 Å². The van der Waals surface area contributed by atoms with Crippen molar-refractivity contribution in [1.29, 1.82) is 0 Å². The second-order valence-corrected chi connectivity index (χ2v) is 6.29. The molecule has 18 heavy (non-hydrogen) atoms. The van der Waals surface area contributed by atoms with Crippen LogP contribution in [0.2, 0.25) is 0 Å². The van der Waals surface area contributed by atoms with Gasteiger partial charge in [-0.3, -0.25) is 0 Å². The molecule has 1 aliphatic carbocycles. The minimum atomic E-state index is 0.686. The van der Waals surface area contributed by atoms with Gasteiger partial charge in [0.15, 0.2) is 0 Å². The van der Waals surface area contributed by atoms with E-state index < -0.39 is 0 Å². The van der Waals surface area contributed by atoms with Gasteiger partial charge in [0.1, 0.15) is 0 Å². The SMILES string of the molecule is CN(c1nn2c(-c3ccsc3)cnc2s1)C1CC1. The van der Waals surface area contributed by atoms with Gasteiger partial charge < -0.3 is 4.90 Å². The molecule has 0 N–H and O–H groups in total.